The zero-order valence-corrected chi connectivity index (χ0v) is 18.5. The number of esters is 1. The number of carbonyl (C=O) groups excluding carboxylic acids is 1. The van der Waals surface area contributed by atoms with E-state index >= 15 is 0 Å². The summed E-state index contributed by atoms with van der Waals surface area (Å²) in [6, 6.07) is 0. The van der Waals surface area contributed by atoms with Crippen molar-refractivity contribution >= 4 is 5.97 Å². The molecule has 0 N–H and O–H groups in total. The Kier molecular flexibility index (Phi) is 11.8. The van der Waals surface area contributed by atoms with Crippen LogP contribution in [0.3, 0.4) is 0 Å². The third-order valence-electron chi connectivity index (χ3n) is 5.27. The van der Waals surface area contributed by atoms with Gasteiger partial charge in [0.05, 0.1) is 12.2 Å². The van der Waals surface area contributed by atoms with Crippen molar-refractivity contribution in [3.8, 4) is 0 Å². The standard InChI is InChI=1S/C23H42O3/c1-9-22(4,5)16-17-26-21(24)18-20(3)13-10-12-19(2)14-11-15-23(6,7)25-8/h10,13,18-19H,9,11-12,14-17H2,1-8H3. The van der Waals surface area contributed by atoms with Crippen LogP contribution in [0.25, 0.3) is 0 Å². The fourth-order valence-corrected chi connectivity index (χ4v) is 2.46. The first-order chi connectivity index (χ1) is 12.0. The maximum absolute atomic E-state index is 11.8. The summed E-state index contributed by atoms with van der Waals surface area (Å²) in [4.78, 5) is 11.8. The van der Waals surface area contributed by atoms with Crippen LogP contribution in [0.2, 0.25) is 0 Å². The Morgan fingerprint density at radius 3 is 2.38 bits per heavy atom. The Labute approximate surface area is 162 Å². The van der Waals surface area contributed by atoms with Crippen molar-refractivity contribution in [3.63, 3.8) is 0 Å². The van der Waals surface area contributed by atoms with Gasteiger partial charge >= 0.3 is 5.97 Å². The molecule has 0 bridgehead atoms. The topological polar surface area (TPSA) is 35.5 Å². The largest absolute Gasteiger partial charge is 0.463 e. The molecular formula is C23H42O3. The molecule has 0 aromatic rings. The smallest absolute Gasteiger partial charge is 0.331 e. The average molecular weight is 367 g/mol. The normalized spacial score (nSPS) is 14.7. The highest BCUT2D eigenvalue weighted by atomic mass is 16.5. The molecule has 0 aliphatic carbocycles. The van der Waals surface area contributed by atoms with Gasteiger partial charge in [0.2, 0.25) is 0 Å². The van der Waals surface area contributed by atoms with Crippen molar-refractivity contribution in [2.75, 3.05) is 13.7 Å². The van der Waals surface area contributed by atoms with E-state index in [0.717, 1.165) is 31.3 Å². The van der Waals surface area contributed by atoms with Gasteiger partial charge < -0.3 is 9.47 Å². The third-order valence-corrected chi connectivity index (χ3v) is 5.27. The summed E-state index contributed by atoms with van der Waals surface area (Å²) in [5, 5.41) is 0. The highest BCUT2D eigenvalue weighted by molar-refractivity contribution is 5.83. The molecule has 0 fully saturated rings. The van der Waals surface area contributed by atoms with Gasteiger partial charge in [0.1, 0.15) is 0 Å². The van der Waals surface area contributed by atoms with E-state index in [1.54, 1.807) is 13.2 Å². The molecular weight excluding hydrogens is 324 g/mol. The van der Waals surface area contributed by atoms with Gasteiger partial charge in [-0.05, 0) is 56.9 Å². The first-order valence-corrected chi connectivity index (χ1v) is 10.1. The number of rotatable bonds is 13. The lowest BCUT2D eigenvalue weighted by Crippen LogP contribution is -2.22. The second-order valence-corrected chi connectivity index (χ2v) is 8.92. The Bertz CT molecular complexity index is 458. The minimum absolute atomic E-state index is 0.0262. The summed E-state index contributed by atoms with van der Waals surface area (Å²) < 4.78 is 10.8. The van der Waals surface area contributed by atoms with Crippen LogP contribution in [-0.4, -0.2) is 25.3 Å². The van der Waals surface area contributed by atoms with Gasteiger partial charge in [-0.1, -0.05) is 59.1 Å². The van der Waals surface area contributed by atoms with Gasteiger partial charge in [-0.15, -0.1) is 0 Å². The Hall–Kier alpha value is -1.09. The Morgan fingerprint density at radius 2 is 1.81 bits per heavy atom. The van der Waals surface area contributed by atoms with E-state index in [9.17, 15) is 4.79 Å². The SMILES string of the molecule is CCC(C)(C)CCOC(=O)C=C(C)C=CCC(C)CCCC(C)(C)OC. The number of carbonyl (C=O) groups is 1. The van der Waals surface area contributed by atoms with Gasteiger partial charge in [0.25, 0.3) is 0 Å². The van der Waals surface area contributed by atoms with Gasteiger partial charge in [-0.2, -0.15) is 0 Å². The summed E-state index contributed by atoms with van der Waals surface area (Å²) in [5.41, 5.74) is 1.15. The number of allylic oxidation sites excluding steroid dienone is 3. The van der Waals surface area contributed by atoms with Crippen LogP contribution in [0.4, 0.5) is 0 Å². The third kappa shape index (κ3) is 13.2. The highest BCUT2D eigenvalue weighted by Crippen LogP contribution is 2.24. The van der Waals surface area contributed by atoms with E-state index in [0.29, 0.717) is 12.5 Å². The summed E-state index contributed by atoms with van der Waals surface area (Å²) in [6.07, 6.45) is 12.2. The van der Waals surface area contributed by atoms with E-state index in [4.69, 9.17) is 9.47 Å². The molecule has 3 heteroatoms. The Balaban J connectivity index is 4.10. The maximum atomic E-state index is 11.8. The second-order valence-electron chi connectivity index (χ2n) is 8.92. The summed E-state index contributed by atoms with van der Waals surface area (Å²) in [5.74, 6) is 0.392. The molecule has 3 nitrogen and oxygen atoms in total. The summed E-state index contributed by atoms with van der Waals surface area (Å²) in [7, 11) is 1.77. The van der Waals surface area contributed by atoms with Crippen LogP contribution in [0, 0.1) is 11.3 Å². The lowest BCUT2D eigenvalue weighted by molar-refractivity contribution is -0.138. The number of hydrogen-bond acceptors (Lipinski definition) is 3. The van der Waals surface area contributed by atoms with Crippen LogP contribution in [0.1, 0.15) is 87.0 Å². The number of methoxy groups -OCH3 is 1. The summed E-state index contributed by atoms with van der Waals surface area (Å²) in [6.45, 7) is 15.5. The minimum atomic E-state index is -0.242. The lowest BCUT2D eigenvalue weighted by atomic mass is 9.87. The Morgan fingerprint density at radius 1 is 1.15 bits per heavy atom. The molecule has 152 valence electrons. The van der Waals surface area contributed by atoms with Gasteiger partial charge in [-0.3, -0.25) is 0 Å². The molecule has 0 amide bonds. The monoisotopic (exact) mass is 366 g/mol. The first-order valence-electron chi connectivity index (χ1n) is 10.1. The molecule has 0 heterocycles. The number of ether oxygens (including phenoxy) is 2. The quantitative estimate of drug-likeness (QED) is 0.212. The van der Waals surface area contributed by atoms with Crippen molar-refractivity contribution in [1.82, 2.24) is 0 Å². The highest BCUT2D eigenvalue weighted by Gasteiger charge is 2.16. The molecule has 0 aromatic carbocycles. The predicted octanol–water partition coefficient (Wildman–Crippen LogP) is 6.48. The van der Waals surface area contributed by atoms with E-state index in [-0.39, 0.29) is 17.0 Å². The van der Waals surface area contributed by atoms with Crippen molar-refractivity contribution in [1.29, 1.82) is 0 Å². The van der Waals surface area contributed by atoms with Crippen molar-refractivity contribution in [2.24, 2.45) is 11.3 Å². The lowest BCUT2D eigenvalue weighted by Gasteiger charge is -2.23. The molecule has 0 spiro atoms. The van der Waals surface area contributed by atoms with Crippen molar-refractivity contribution in [2.45, 2.75) is 92.6 Å². The first kappa shape index (κ1) is 24.9. The van der Waals surface area contributed by atoms with Gasteiger partial charge in [0.15, 0.2) is 0 Å². The van der Waals surface area contributed by atoms with E-state index < -0.39 is 0 Å². The van der Waals surface area contributed by atoms with Crippen molar-refractivity contribution < 1.29 is 14.3 Å². The van der Waals surface area contributed by atoms with Crippen LogP contribution < -0.4 is 0 Å². The van der Waals surface area contributed by atoms with E-state index in [2.05, 4.69) is 47.6 Å². The van der Waals surface area contributed by atoms with Gasteiger partial charge in [0, 0.05) is 13.2 Å². The van der Waals surface area contributed by atoms with Gasteiger partial charge in [-0.25, -0.2) is 4.79 Å². The summed E-state index contributed by atoms with van der Waals surface area (Å²) >= 11 is 0. The second kappa shape index (κ2) is 12.3. The predicted molar refractivity (Wildman–Crippen MR) is 111 cm³/mol. The molecule has 0 aliphatic rings. The molecule has 0 saturated heterocycles. The van der Waals surface area contributed by atoms with E-state index in [1.807, 2.05) is 13.0 Å². The molecule has 1 unspecified atom stereocenters. The van der Waals surface area contributed by atoms with Crippen LogP contribution in [0.15, 0.2) is 23.8 Å². The van der Waals surface area contributed by atoms with Crippen LogP contribution in [0.5, 0.6) is 0 Å². The van der Waals surface area contributed by atoms with Crippen LogP contribution >= 0.6 is 0 Å². The van der Waals surface area contributed by atoms with Crippen molar-refractivity contribution in [3.05, 3.63) is 23.8 Å². The maximum Gasteiger partial charge on any atom is 0.331 e. The molecule has 0 saturated carbocycles. The molecule has 26 heavy (non-hydrogen) atoms. The fraction of sp³-hybridized carbons (Fsp3) is 0.783. The molecule has 0 aromatic heterocycles. The fourth-order valence-electron chi connectivity index (χ4n) is 2.46. The molecule has 1 atom stereocenters. The zero-order valence-electron chi connectivity index (χ0n) is 18.5. The molecule has 0 aliphatic heterocycles. The molecule has 0 radical (unpaired) electrons. The zero-order chi connectivity index (χ0) is 20.2. The van der Waals surface area contributed by atoms with E-state index in [1.165, 1.54) is 12.8 Å². The number of hydrogen-bond donors (Lipinski definition) is 0. The molecule has 0 rings (SSSR count). The van der Waals surface area contributed by atoms with Crippen LogP contribution in [-0.2, 0) is 14.3 Å². The average Bonchev–Trinajstić information content (AvgIpc) is 2.54. The minimum Gasteiger partial charge on any atom is -0.463 e.